The van der Waals surface area contributed by atoms with Crippen LogP contribution in [0, 0.1) is 13.8 Å². The maximum absolute atomic E-state index is 13.8. The largest absolute Gasteiger partial charge is 0.506 e. The number of halogens is 2. The predicted octanol–water partition coefficient (Wildman–Crippen LogP) is 5.56. The van der Waals surface area contributed by atoms with Crippen molar-refractivity contribution < 1.29 is 5.11 Å². The number of phenolic OH excluding ortho intramolecular Hbond substituents is 1. The fourth-order valence-electron chi connectivity index (χ4n) is 4.58. The summed E-state index contributed by atoms with van der Waals surface area (Å²) in [5.41, 5.74) is 2.79. The highest BCUT2D eigenvalue weighted by molar-refractivity contribution is 9.10. The molecule has 0 amide bonds. The molecule has 7 nitrogen and oxygen atoms in total. The third-order valence-corrected chi connectivity index (χ3v) is 7.03. The zero-order valence-corrected chi connectivity index (χ0v) is 21.8. The fraction of sp³-hybridized carbons (Fsp3) is 0.111. The topological polar surface area (TPSA) is 95.8 Å². The van der Waals surface area contributed by atoms with Crippen molar-refractivity contribution in [3.05, 3.63) is 131 Å². The molecule has 0 aliphatic rings. The summed E-state index contributed by atoms with van der Waals surface area (Å²) < 4.78 is 3.24. The van der Waals surface area contributed by atoms with Crippen molar-refractivity contribution in [1.82, 2.24) is 19.6 Å². The first-order valence-corrected chi connectivity index (χ1v) is 12.4. The first-order valence-electron chi connectivity index (χ1n) is 11.2. The molecule has 9 heteroatoms. The molecule has 0 radical (unpaired) electrons. The highest BCUT2D eigenvalue weighted by Crippen LogP contribution is 2.41. The lowest BCUT2D eigenvalue weighted by Gasteiger charge is -2.18. The number of phenols is 1. The number of hydrogen-bond donors (Lipinski definition) is 3. The number of para-hydroxylation sites is 2. The van der Waals surface area contributed by atoms with E-state index >= 15 is 0 Å². The Morgan fingerprint density at radius 2 is 1.25 bits per heavy atom. The summed E-state index contributed by atoms with van der Waals surface area (Å²) in [7, 11) is 0. The quantitative estimate of drug-likeness (QED) is 0.260. The summed E-state index contributed by atoms with van der Waals surface area (Å²) in [6.07, 6.45) is 0. The van der Waals surface area contributed by atoms with Crippen LogP contribution in [0.15, 0.2) is 86.9 Å². The normalized spacial score (nSPS) is 11.4. The molecule has 182 valence electrons. The van der Waals surface area contributed by atoms with Crippen LogP contribution in [0.3, 0.4) is 0 Å². The zero-order valence-electron chi connectivity index (χ0n) is 19.4. The van der Waals surface area contributed by atoms with Gasteiger partial charge in [-0.2, -0.15) is 0 Å². The molecule has 36 heavy (non-hydrogen) atoms. The van der Waals surface area contributed by atoms with Crippen LogP contribution in [0.25, 0.3) is 11.4 Å². The first kappa shape index (κ1) is 24.0. The molecular weight excluding hydrogens is 544 g/mol. The van der Waals surface area contributed by atoms with E-state index in [1.54, 1.807) is 26.0 Å². The molecule has 0 aliphatic carbocycles. The van der Waals surface area contributed by atoms with E-state index in [0.29, 0.717) is 48.9 Å². The monoisotopic (exact) mass is 564 g/mol. The maximum atomic E-state index is 13.8. The summed E-state index contributed by atoms with van der Waals surface area (Å²) in [6.45, 7) is 3.55. The molecule has 5 rings (SSSR count). The Morgan fingerprint density at radius 1 is 0.806 bits per heavy atom. The maximum Gasteiger partial charge on any atom is 0.275 e. The van der Waals surface area contributed by atoms with Gasteiger partial charge < -0.3 is 5.11 Å². The van der Waals surface area contributed by atoms with Crippen molar-refractivity contribution in [2.75, 3.05) is 0 Å². The van der Waals surface area contributed by atoms with Crippen molar-refractivity contribution in [2.45, 2.75) is 19.8 Å². The molecule has 0 saturated carbocycles. The second-order valence-electron chi connectivity index (χ2n) is 8.51. The number of aromatic nitrogens is 4. The lowest BCUT2D eigenvalue weighted by Crippen LogP contribution is -2.25. The van der Waals surface area contributed by atoms with Gasteiger partial charge in [-0.15, -0.1) is 0 Å². The van der Waals surface area contributed by atoms with Crippen LogP contribution in [0.2, 0.25) is 5.02 Å². The summed E-state index contributed by atoms with van der Waals surface area (Å²) in [5.74, 6) is -0.996. The number of benzene rings is 3. The second-order valence-corrected chi connectivity index (χ2v) is 9.80. The molecule has 2 aromatic heterocycles. The van der Waals surface area contributed by atoms with Gasteiger partial charge in [-0.1, -0.05) is 48.0 Å². The number of aromatic hydroxyl groups is 1. The van der Waals surface area contributed by atoms with Crippen LogP contribution < -0.4 is 11.1 Å². The van der Waals surface area contributed by atoms with Gasteiger partial charge in [-0.25, -0.2) is 9.36 Å². The number of H-pyrrole nitrogens is 2. The van der Waals surface area contributed by atoms with E-state index in [4.69, 9.17) is 11.6 Å². The Kier molecular flexibility index (Phi) is 6.24. The van der Waals surface area contributed by atoms with Gasteiger partial charge in [0.25, 0.3) is 11.1 Å². The molecule has 0 bridgehead atoms. The molecule has 0 fully saturated rings. The zero-order chi connectivity index (χ0) is 25.6. The van der Waals surface area contributed by atoms with Crippen LogP contribution in [0.5, 0.6) is 5.75 Å². The molecule has 0 unspecified atom stereocenters. The summed E-state index contributed by atoms with van der Waals surface area (Å²) >= 11 is 9.73. The Bertz CT molecular complexity index is 1590. The van der Waals surface area contributed by atoms with Crippen LogP contribution in [-0.4, -0.2) is 24.7 Å². The molecule has 0 aliphatic heterocycles. The summed E-state index contributed by atoms with van der Waals surface area (Å²) in [5, 5.41) is 17.7. The Balaban J connectivity index is 1.83. The van der Waals surface area contributed by atoms with Gasteiger partial charge in [0.2, 0.25) is 0 Å². The van der Waals surface area contributed by atoms with E-state index in [1.807, 2.05) is 60.7 Å². The Labute approximate surface area is 219 Å². The number of aryl methyl sites for hydroxylation is 2. The lowest BCUT2D eigenvalue weighted by atomic mass is 9.84. The van der Waals surface area contributed by atoms with E-state index in [2.05, 4.69) is 26.1 Å². The minimum absolute atomic E-state index is 0.0954. The van der Waals surface area contributed by atoms with Crippen LogP contribution in [0.4, 0.5) is 0 Å². The number of hydrogen-bond acceptors (Lipinski definition) is 3. The van der Waals surface area contributed by atoms with E-state index < -0.39 is 5.92 Å². The van der Waals surface area contributed by atoms with Gasteiger partial charge in [-0.05, 0) is 66.2 Å². The van der Waals surface area contributed by atoms with E-state index in [0.717, 1.165) is 0 Å². The molecule has 2 heterocycles. The van der Waals surface area contributed by atoms with E-state index in [-0.39, 0.29) is 16.9 Å². The Hall–Kier alpha value is -3.75. The van der Waals surface area contributed by atoms with Crippen molar-refractivity contribution >= 4 is 27.5 Å². The first-order chi connectivity index (χ1) is 17.3. The van der Waals surface area contributed by atoms with Gasteiger partial charge in [0.15, 0.2) is 0 Å². The number of aromatic amines is 2. The third kappa shape index (κ3) is 4.02. The molecule has 0 atom stereocenters. The van der Waals surface area contributed by atoms with Crippen LogP contribution >= 0.6 is 27.5 Å². The van der Waals surface area contributed by atoms with Crippen LogP contribution in [0.1, 0.15) is 34.0 Å². The van der Waals surface area contributed by atoms with Gasteiger partial charge in [-0.3, -0.25) is 19.8 Å². The molecule has 3 N–H and O–H groups in total. The number of nitrogens with zero attached hydrogens (tertiary/aromatic N) is 2. The predicted molar refractivity (Wildman–Crippen MR) is 144 cm³/mol. The molecule has 0 spiro atoms. The van der Waals surface area contributed by atoms with Crippen molar-refractivity contribution in [1.29, 1.82) is 0 Å². The standard InChI is InChI=1S/C27H22BrClN4O3/c1-15-22(26(35)32(30-15)18-9-5-3-6-10-18)24(20-13-17(29)14-21(28)25(20)34)23-16(2)31-33(27(23)36)19-11-7-4-8-12-19/h3-14,24,30-31,34H,1-2H3. The van der Waals surface area contributed by atoms with Gasteiger partial charge in [0, 0.05) is 22.0 Å². The van der Waals surface area contributed by atoms with E-state index in [1.165, 1.54) is 9.36 Å². The molecule has 3 aromatic carbocycles. The lowest BCUT2D eigenvalue weighted by molar-refractivity contribution is 0.463. The van der Waals surface area contributed by atoms with Gasteiger partial charge in [0.1, 0.15) is 5.75 Å². The van der Waals surface area contributed by atoms with Crippen LogP contribution in [-0.2, 0) is 0 Å². The summed E-state index contributed by atoms with van der Waals surface area (Å²) in [4.78, 5) is 27.7. The van der Waals surface area contributed by atoms with Gasteiger partial charge >= 0.3 is 0 Å². The molecule has 5 aromatic rings. The molecular formula is C27H22BrClN4O3. The highest BCUT2D eigenvalue weighted by Gasteiger charge is 2.33. The van der Waals surface area contributed by atoms with Crippen molar-refractivity contribution in [3.63, 3.8) is 0 Å². The fourth-order valence-corrected chi connectivity index (χ4v) is 5.41. The average Bonchev–Trinajstić information content (AvgIpc) is 3.33. The average molecular weight is 566 g/mol. The summed E-state index contributed by atoms with van der Waals surface area (Å²) in [6, 6.07) is 21.5. The number of rotatable bonds is 5. The van der Waals surface area contributed by atoms with Crippen molar-refractivity contribution in [2.24, 2.45) is 0 Å². The third-order valence-electron chi connectivity index (χ3n) is 6.21. The minimum Gasteiger partial charge on any atom is -0.506 e. The smallest absolute Gasteiger partial charge is 0.275 e. The minimum atomic E-state index is -0.901. The number of nitrogens with one attached hydrogen (secondary N) is 2. The SMILES string of the molecule is Cc1[nH]n(-c2ccccc2)c(=O)c1C(c1cc(Cl)cc(Br)c1O)c1c(C)[nH]n(-c2ccccc2)c1=O. The molecule has 0 saturated heterocycles. The highest BCUT2D eigenvalue weighted by atomic mass is 79.9. The van der Waals surface area contributed by atoms with Crippen molar-refractivity contribution in [3.8, 4) is 17.1 Å². The second kappa shape index (κ2) is 9.37. The Morgan fingerprint density at radius 3 is 1.69 bits per heavy atom. The van der Waals surface area contributed by atoms with E-state index in [9.17, 15) is 14.7 Å². The van der Waals surface area contributed by atoms with Gasteiger partial charge in [0.05, 0.1) is 32.9 Å².